The van der Waals surface area contributed by atoms with Gasteiger partial charge in [-0.25, -0.2) is 0 Å². The van der Waals surface area contributed by atoms with E-state index < -0.39 is 0 Å². The Balaban J connectivity index is 0.00000190. The first-order chi connectivity index (χ1) is 25.3. The Kier molecular flexibility index (Phi) is 8.35. The minimum atomic E-state index is -0.154. The fourth-order valence-corrected chi connectivity index (χ4v) is 8.42. The summed E-state index contributed by atoms with van der Waals surface area (Å²) in [6.07, 6.45) is 0. The summed E-state index contributed by atoms with van der Waals surface area (Å²) >= 11 is 0. The van der Waals surface area contributed by atoms with E-state index in [9.17, 15) is 0 Å². The number of para-hydroxylation sites is 4. The second kappa shape index (κ2) is 13.0. The summed E-state index contributed by atoms with van der Waals surface area (Å²) in [5.41, 5.74) is 17.6. The van der Waals surface area contributed by atoms with Gasteiger partial charge >= 0.3 is 0 Å². The molecule has 0 saturated heterocycles. The van der Waals surface area contributed by atoms with Gasteiger partial charge in [-0.1, -0.05) is 126 Å². The molecule has 0 fully saturated rings. The van der Waals surface area contributed by atoms with Crippen molar-refractivity contribution in [3.05, 3.63) is 192 Å². The molecule has 2 aliphatic rings. The molecule has 0 atom stereocenters. The lowest BCUT2D eigenvalue weighted by molar-refractivity contribution is 0.652. The van der Waals surface area contributed by atoms with Crippen LogP contribution in [0.25, 0.3) is 22.3 Å². The van der Waals surface area contributed by atoms with Crippen LogP contribution in [0, 0.1) is 0 Å². The van der Waals surface area contributed by atoms with Gasteiger partial charge in [0.15, 0.2) is 0 Å². The topological polar surface area (TPSA) is 6.48 Å². The van der Waals surface area contributed by atoms with Gasteiger partial charge in [-0.3, -0.25) is 0 Å². The molecule has 0 N–H and O–H groups in total. The zero-order valence-electron chi connectivity index (χ0n) is 31.1. The highest BCUT2D eigenvalue weighted by Gasteiger charge is 2.42. The monoisotopic (exact) mass is 674 g/mol. The summed E-state index contributed by atoms with van der Waals surface area (Å²) in [6.45, 7) is 13.6. The zero-order valence-corrected chi connectivity index (χ0v) is 31.1. The summed E-state index contributed by atoms with van der Waals surface area (Å²) in [6, 6.07) is 61.9. The van der Waals surface area contributed by atoms with Crippen LogP contribution in [0.2, 0.25) is 0 Å². The van der Waals surface area contributed by atoms with Crippen LogP contribution < -0.4 is 9.80 Å². The minimum Gasteiger partial charge on any atom is -0.310 e. The van der Waals surface area contributed by atoms with Crippen LogP contribution in [0.4, 0.5) is 34.1 Å². The molecule has 0 amide bonds. The quantitative estimate of drug-likeness (QED) is 0.173. The molecule has 9 rings (SSSR count). The van der Waals surface area contributed by atoms with Crippen LogP contribution in [0.3, 0.4) is 0 Å². The van der Waals surface area contributed by atoms with Crippen LogP contribution in [-0.2, 0) is 10.8 Å². The average molecular weight is 675 g/mol. The van der Waals surface area contributed by atoms with Gasteiger partial charge in [0.2, 0.25) is 0 Å². The van der Waals surface area contributed by atoms with E-state index in [1.807, 2.05) is 13.8 Å². The van der Waals surface area contributed by atoms with Gasteiger partial charge in [0.05, 0.1) is 0 Å². The zero-order chi connectivity index (χ0) is 36.0. The van der Waals surface area contributed by atoms with Crippen molar-refractivity contribution in [2.24, 2.45) is 0 Å². The maximum absolute atomic E-state index is 2.51. The molecular weight excluding hydrogens is 629 g/mol. The summed E-state index contributed by atoms with van der Waals surface area (Å²) in [7, 11) is 0. The molecule has 0 unspecified atom stereocenters. The van der Waals surface area contributed by atoms with Crippen molar-refractivity contribution in [2.45, 2.75) is 52.4 Å². The largest absolute Gasteiger partial charge is 0.310 e. The normalized spacial score (nSPS) is 13.9. The standard InChI is InChI=1S/C48H40N2.C2H6/c1-47(2)43-29-37(49(33-17-9-5-10-18-33)34-19-11-6-12-20-34)25-27-39(43)41-32-46-42(31-45(41)47)40-28-26-38(30-44(40)48(46,3)4)50(35-21-13-7-14-22-35)36-23-15-8-16-24-36;1-2/h5-32H,1-4H3;1-2H3. The molecule has 0 aliphatic heterocycles. The van der Waals surface area contributed by atoms with E-state index in [-0.39, 0.29) is 10.8 Å². The molecule has 0 radical (unpaired) electrons. The molecule has 2 nitrogen and oxygen atoms in total. The molecule has 52 heavy (non-hydrogen) atoms. The summed E-state index contributed by atoms with van der Waals surface area (Å²) in [4.78, 5) is 4.73. The first kappa shape index (κ1) is 33.3. The number of fused-ring (bicyclic) bond motifs is 6. The van der Waals surface area contributed by atoms with Gasteiger partial charge in [0.1, 0.15) is 0 Å². The summed E-state index contributed by atoms with van der Waals surface area (Å²) < 4.78 is 0. The van der Waals surface area contributed by atoms with Crippen LogP contribution in [-0.4, -0.2) is 0 Å². The Labute approximate surface area is 309 Å². The molecule has 0 saturated carbocycles. The van der Waals surface area contributed by atoms with Crippen molar-refractivity contribution >= 4 is 34.1 Å². The fourth-order valence-electron chi connectivity index (χ4n) is 8.42. The molecule has 7 aromatic rings. The van der Waals surface area contributed by atoms with Gasteiger partial charge in [0, 0.05) is 45.0 Å². The smallest absolute Gasteiger partial charge is 0.0465 e. The van der Waals surface area contributed by atoms with E-state index in [4.69, 9.17) is 0 Å². The number of rotatable bonds is 6. The van der Waals surface area contributed by atoms with E-state index in [2.05, 4.69) is 207 Å². The molecule has 0 spiro atoms. The second-order valence-corrected chi connectivity index (χ2v) is 14.7. The lowest BCUT2D eigenvalue weighted by Crippen LogP contribution is -2.18. The first-order valence-electron chi connectivity index (χ1n) is 18.6. The highest BCUT2D eigenvalue weighted by molar-refractivity contribution is 5.92. The highest BCUT2D eigenvalue weighted by Crippen LogP contribution is 2.57. The van der Waals surface area contributed by atoms with E-state index in [0.29, 0.717) is 0 Å². The lowest BCUT2D eigenvalue weighted by Gasteiger charge is -2.28. The maximum atomic E-state index is 2.51. The lowest BCUT2D eigenvalue weighted by atomic mass is 9.79. The SMILES string of the molecule is CC.CC1(C)c2cc(N(c3ccccc3)c3ccccc3)ccc2-c2cc3c(cc21)-c1ccc(N(c2ccccc2)c2ccccc2)cc1C3(C)C. The number of nitrogens with zero attached hydrogens (tertiary/aromatic N) is 2. The summed E-state index contributed by atoms with van der Waals surface area (Å²) in [5.74, 6) is 0. The van der Waals surface area contributed by atoms with Gasteiger partial charge < -0.3 is 9.80 Å². The Hall–Kier alpha value is -5.86. The van der Waals surface area contributed by atoms with Crippen molar-refractivity contribution in [1.82, 2.24) is 0 Å². The molecule has 7 aromatic carbocycles. The predicted octanol–water partition coefficient (Wildman–Crippen LogP) is 14.3. The molecule has 0 aromatic heterocycles. The number of hydrogen-bond donors (Lipinski definition) is 0. The van der Waals surface area contributed by atoms with E-state index in [0.717, 1.165) is 22.7 Å². The van der Waals surface area contributed by atoms with E-state index in [1.54, 1.807) is 0 Å². The molecule has 2 aliphatic carbocycles. The second-order valence-electron chi connectivity index (χ2n) is 14.7. The van der Waals surface area contributed by atoms with Gasteiger partial charge in [0.25, 0.3) is 0 Å². The van der Waals surface area contributed by atoms with E-state index >= 15 is 0 Å². The molecule has 256 valence electrons. The third-order valence-corrected chi connectivity index (χ3v) is 11.0. The Morgan fingerprint density at radius 3 is 0.846 bits per heavy atom. The molecule has 0 bridgehead atoms. The average Bonchev–Trinajstić information content (AvgIpc) is 3.55. The minimum absolute atomic E-state index is 0.154. The van der Waals surface area contributed by atoms with Crippen molar-refractivity contribution in [3.63, 3.8) is 0 Å². The molecular formula is C50H46N2. The van der Waals surface area contributed by atoms with Crippen LogP contribution in [0.5, 0.6) is 0 Å². The predicted molar refractivity (Wildman–Crippen MR) is 222 cm³/mol. The number of anilines is 6. The van der Waals surface area contributed by atoms with Crippen molar-refractivity contribution in [2.75, 3.05) is 9.80 Å². The van der Waals surface area contributed by atoms with Gasteiger partial charge in [-0.15, -0.1) is 0 Å². The van der Waals surface area contributed by atoms with Crippen molar-refractivity contribution in [3.8, 4) is 22.3 Å². The van der Waals surface area contributed by atoms with Gasteiger partial charge in [-0.2, -0.15) is 0 Å². The maximum Gasteiger partial charge on any atom is 0.0465 e. The fraction of sp³-hybridized carbons (Fsp3) is 0.160. The van der Waals surface area contributed by atoms with Crippen molar-refractivity contribution in [1.29, 1.82) is 0 Å². The highest BCUT2D eigenvalue weighted by atomic mass is 15.1. The Bertz CT molecular complexity index is 2110. The first-order valence-corrected chi connectivity index (χ1v) is 18.6. The third-order valence-electron chi connectivity index (χ3n) is 11.0. The molecule has 2 heteroatoms. The number of benzene rings is 7. The van der Waals surface area contributed by atoms with Crippen LogP contribution >= 0.6 is 0 Å². The van der Waals surface area contributed by atoms with E-state index in [1.165, 1.54) is 55.9 Å². The van der Waals surface area contributed by atoms with Crippen LogP contribution in [0.15, 0.2) is 170 Å². The Morgan fingerprint density at radius 1 is 0.288 bits per heavy atom. The Morgan fingerprint density at radius 2 is 0.558 bits per heavy atom. The van der Waals surface area contributed by atoms with Crippen molar-refractivity contribution < 1.29 is 0 Å². The molecule has 0 heterocycles. The van der Waals surface area contributed by atoms with Crippen LogP contribution in [0.1, 0.15) is 63.8 Å². The number of hydrogen-bond acceptors (Lipinski definition) is 2. The van der Waals surface area contributed by atoms with Gasteiger partial charge in [-0.05, 0) is 129 Å². The third kappa shape index (κ3) is 5.33. The summed E-state index contributed by atoms with van der Waals surface area (Å²) in [5, 5.41) is 0.